The molecule has 0 atom stereocenters. The number of fused-ring (bicyclic) bond motifs is 4. The molecule has 0 aliphatic heterocycles. The number of pyridine rings is 2. The largest absolute Gasteiger partial charge is 0.354 e. The van der Waals surface area contributed by atoms with E-state index in [4.69, 9.17) is 0 Å². The van der Waals surface area contributed by atoms with Crippen molar-refractivity contribution < 1.29 is 13.0 Å². The number of rotatable bonds is 1. The van der Waals surface area contributed by atoms with E-state index in [2.05, 4.69) is 4.98 Å². The van der Waals surface area contributed by atoms with E-state index in [9.17, 15) is 22.6 Å². The Hall–Kier alpha value is -3.49. The highest BCUT2D eigenvalue weighted by Crippen LogP contribution is 2.28. The molecule has 0 radical (unpaired) electrons. The predicted octanol–water partition coefficient (Wildman–Crippen LogP) is 3.24. The van der Waals surface area contributed by atoms with Gasteiger partial charge in [0.1, 0.15) is 0 Å². The van der Waals surface area contributed by atoms with Crippen molar-refractivity contribution >= 4 is 53.7 Å². The summed E-state index contributed by atoms with van der Waals surface area (Å²) in [7, 11) is -2.70. The molecule has 5 rings (SSSR count). The fraction of sp³-hybridized carbons (Fsp3) is 0.0909. The summed E-state index contributed by atoms with van der Waals surface area (Å²) in [5, 5.41) is 1.59. The molecule has 2 N–H and O–H groups in total. The van der Waals surface area contributed by atoms with Crippen LogP contribution in [0, 0.1) is 6.92 Å². The molecule has 7 nitrogen and oxygen atoms in total. The zero-order valence-electron chi connectivity index (χ0n) is 16.1. The lowest BCUT2D eigenvalue weighted by molar-refractivity contribution is 0.483. The number of nitrogens with one attached hydrogen (secondary N) is 1. The fourth-order valence-corrected chi connectivity index (χ4v) is 4.68. The van der Waals surface area contributed by atoms with Crippen LogP contribution in [0.3, 0.4) is 0 Å². The summed E-state index contributed by atoms with van der Waals surface area (Å²) in [5.41, 5.74) is 2.41. The summed E-state index contributed by atoms with van der Waals surface area (Å²) in [6.07, 6.45) is 0. The standard InChI is InChI=1S/C22H16N2O5S/c1-11-19-18(10-15-20(11)23-16-6-4-3-5-13(16)21(15)25)24(2)17-8-7-12(30(27,28)29)9-14(17)22(19)26/h3-10H,1-2H3,(H,23,25)(H,27,28,29). The Bertz CT molecular complexity index is 1780. The van der Waals surface area contributed by atoms with Crippen molar-refractivity contribution in [3.8, 4) is 0 Å². The van der Waals surface area contributed by atoms with Gasteiger partial charge in [0.2, 0.25) is 0 Å². The molecule has 0 aliphatic carbocycles. The summed E-state index contributed by atoms with van der Waals surface area (Å²) >= 11 is 0. The molecular weight excluding hydrogens is 404 g/mol. The van der Waals surface area contributed by atoms with Gasteiger partial charge in [-0.2, -0.15) is 8.42 Å². The number of aryl methyl sites for hydroxylation is 2. The number of hydrogen-bond donors (Lipinski definition) is 2. The van der Waals surface area contributed by atoms with E-state index in [-0.39, 0.29) is 21.1 Å². The van der Waals surface area contributed by atoms with E-state index in [1.54, 1.807) is 42.8 Å². The molecule has 5 aromatic rings. The monoisotopic (exact) mass is 420 g/mol. The second-order valence-electron chi connectivity index (χ2n) is 7.36. The van der Waals surface area contributed by atoms with Gasteiger partial charge in [-0.3, -0.25) is 14.1 Å². The minimum atomic E-state index is -4.45. The van der Waals surface area contributed by atoms with Crippen LogP contribution >= 0.6 is 0 Å². The van der Waals surface area contributed by atoms with Gasteiger partial charge in [-0.05, 0) is 48.9 Å². The molecular formula is C22H16N2O5S. The van der Waals surface area contributed by atoms with Crippen LogP contribution in [0.4, 0.5) is 0 Å². The van der Waals surface area contributed by atoms with Crippen LogP contribution in [0.1, 0.15) is 5.56 Å². The average molecular weight is 420 g/mol. The second-order valence-corrected chi connectivity index (χ2v) is 8.78. The normalized spacial score (nSPS) is 12.4. The van der Waals surface area contributed by atoms with Gasteiger partial charge in [-0.25, -0.2) is 0 Å². The van der Waals surface area contributed by atoms with Crippen LogP contribution < -0.4 is 10.9 Å². The highest BCUT2D eigenvalue weighted by Gasteiger charge is 2.18. The third-order valence-electron chi connectivity index (χ3n) is 5.69. The molecule has 0 aliphatic rings. The number of aromatic nitrogens is 2. The Kier molecular flexibility index (Phi) is 3.71. The molecule has 150 valence electrons. The third-order valence-corrected chi connectivity index (χ3v) is 6.54. The summed E-state index contributed by atoms with van der Waals surface area (Å²) in [5.74, 6) is 0. The molecule has 8 heteroatoms. The maximum Gasteiger partial charge on any atom is 0.294 e. The number of para-hydroxylation sites is 1. The number of H-pyrrole nitrogens is 1. The smallest absolute Gasteiger partial charge is 0.294 e. The molecule has 0 unspecified atom stereocenters. The quantitative estimate of drug-likeness (QED) is 0.320. The van der Waals surface area contributed by atoms with Crippen molar-refractivity contribution in [1.29, 1.82) is 0 Å². The van der Waals surface area contributed by atoms with Gasteiger partial charge in [0.15, 0.2) is 10.9 Å². The molecule has 30 heavy (non-hydrogen) atoms. The first-order valence-corrected chi connectivity index (χ1v) is 10.6. The molecule has 0 fully saturated rings. The van der Waals surface area contributed by atoms with Crippen molar-refractivity contribution in [3.05, 3.63) is 74.5 Å². The van der Waals surface area contributed by atoms with Gasteiger partial charge in [0, 0.05) is 28.7 Å². The van der Waals surface area contributed by atoms with E-state index in [0.717, 1.165) is 0 Å². The first-order chi connectivity index (χ1) is 14.2. The number of aromatic amines is 1. The summed E-state index contributed by atoms with van der Waals surface area (Å²) < 4.78 is 34.2. The SMILES string of the molecule is Cc1c2[nH]c3ccccc3c(=O)c2cc2c1c(=O)c1cc(S(=O)(=O)O)ccc1n2C. The summed E-state index contributed by atoms with van der Waals surface area (Å²) in [4.78, 5) is 29.4. The third kappa shape index (κ3) is 2.44. The van der Waals surface area contributed by atoms with Crippen LogP contribution in [-0.2, 0) is 17.2 Å². The fourth-order valence-electron chi connectivity index (χ4n) is 4.18. The Morgan fingerprint density at radius 1 is 0.900 bits per heavy atom. The number of benzene rings is 3. The maximum atomic E-state index is 13.4. The molecule has 0 saturated heterocycles. The Labute approximate surface area is 169 Å². The van der Waals surface area contributed by atoms with Gasteiger partial charge in [0.25, 0.3) is 10.1 Å². The van der Waals surface area contributed by atoms with Crippen LogP contribution in [0.25, 0.3) is 43.6 Å². The predicted molar refractivity (Wildman–Crippen MR) is 117 cm³/mol. The first kappa shape index (κ1) is 18.5. The maximum absolute atomic E-state index is 13.4. The van der Waals surface area contributed by atoms with Gasteiger partial charge in [-0.15, -0.1) is 0 Å². The molecule has 2 aromatic heterocycles. The van der Waals surface area contributed by atoms with Crippen LogP contribution in [0.15, 0.2) is 63.0 Å². The van der Waals surface area contributed by atoms with Crippen molar-refractivity contribution in [2.75, 3.05) is 0 Å². The summed E-state index contributed by atoms with van der Waals surface area (Å²) in [6, 6.07) is 12.8. The highest BCUT2D eigenvalue weighted by molar-refractivity contribution is 7.85. The van der Waals surface area contributed by atoms with Crippen LogP contribution in [-0.4, -0.2) is 22.5 Å². The molecule has 0 amide bonds. The minimum absolute atomic E-state index is 0.126. The Morgan fingerprint density at radius 3 is 2.37 bits per heavy atom. The number of hydrogen-bond acceptors (Lipinski definition) is 4. The molecule has 0 spiro atoms. The van der Waals surface area contributed by atoms with Gasteiger partial charge in [-0.1, -0.05) is 12.1 Å². The van der Waals surface area contributed by atoms with Crippen molar-refractivity contribution in [1.82, 2.24) is 9.55 Å². The molecule has 0 saturated carbocycles. The van der Waals surface area contributed by atoms with E-state index in [0.29, 0.717) is 43.8 Å². The average Bonchev–Trinajstić information content (AvgIpc) is 2.72. The van der Waals surface area contributed by atoms with E-state index >= 15 is 0 Å². The molecule has 2 heterocycles. The molecule has 3 aromatic carbocycles. The van der Waals surface area contributed by atoms with E-state index in [1.807, 2.05) is 6.07 Å². The Balaban J connectivity index is 2.05. The van der Waals surface area contributed by atoms with Gasteiger partial charge >= 0.3 is 0 Å². The van der Waals surface area contributed by atoms with Crippen LogP contribution in [0.5, 0.6) is 0 Å². The van der Waals surface area contributed by atoms with E-state index in [1.165, 1.54) is 18.2 Å². The topological polar surface area (TPSA) is 109 Å². The van der Waals surface area contributed by atoms with Crippen LogP contribution in [0.2, 0.25) is 0 Å². The number of nitrogens with zero attached hydrogens (tertiary/aromatic N) is 1. The van der Waals surface area contributed by atoms with Gasteiger partial charge < -0.3 is 9.55 Å². The van der Waals surface area contributed by atoms with Gasteiger partial charge in [0.05, 0.1) is 26.8 Å². The Morgan fingerprint density at radius 2 is 1.63 bits per heavy atom. The van der Waals surface area contributed by atoms with Crippen molar-refractivity contribution in [2.45, 2.75) is 11.8 Å². The lowest BCUT2D eigenvalue weighted by Crippen LogP contribution is -2.14. The molecule has 0 bridgehead atoms. The zero-order valence-corrected chi connectivity index (χ0v) is 16.9. The minimum Gasteiger partial charge on any atom is -0.354 e. The second kappa shape index (κ2) is 6.01. The highest BCUT2D eigenvalue weighted by atomic mass is 32.2. The van der Waals surface area contributed by atoms with Crippen molar-refractivity contribution in [2.24, 2.45) is 7.05 Å². The lowest BCUT2D eigenvalue weighted by Gasteiger charge is -2.15. The first-order valence-electron chi connectivity index (χ1n) is 9.17. The lowest BCUT2D eigenvalue weighted by atomic mass is 10.00. The van der Waals surface area contributed by atoms with E-state index < -0.39 is 10.1 Å². The zero-order chi connectivity index (χ0) is 21.4. The summed E-state index contributed by atoms with van der Waals surface area (Å²) in [6.45, 7) is 1.76. The van der Waals surface area contributed by atoms with Crippen molar-refractivity contribution in [3.63, 3.8) is 0 Å².